The van der Waals surface area contributed by atoms with Crippen LogP contribution in [0.3, 0.4) is 0 Å². The molecule has 0 spiro atoms. The largest absolute Gasteiger partial charge is 0.398 e. The molecule has 3 saturated heterocycles. The van der Waals surface area contributed by atoms with Crippen LogP contribution >= 0.6 is 25.2 Å². The van der Waals surface area contributed by atoms with Crippen LogP contribution in [0.2, 0.25) is 0 Å². The van der Waals surface area contributed by atoms with Crippen molar-refractivity contribution in [3.63, 3.8) is 0 Å². The minimum Gasteiger partial charge on any atom is -0.398 e. The van der Waals surface area contributed by atoms with E-state index in [-0.39, 0.29) is 40.3 Å². The van der Waals surface area contributed by atoms with Gasteiger partial charge in [0.15, 0.2) is 22.6 Å². The number of terminal acetylenes is 1. The first-order chi connectivity index (χ1) is 22.2. The molecule has 47 heavy (non-hydrogen) atoms. The van der Waals surface area contributed by atoms with Crippen LogP contribution in [0.15, 0.2) is 29.6 Å². The van der Waals surface area contributed by atoms with E-state index < -0.39 is 78.9 Å². The van der Waals surface area contributed by atoms with Crippen molar-refractivity contribution in [2.24, 2.45) is 0 Å². The Hall–Kier alpha value is -2.57. The lowest BCUT2D eigenvalue weighted by molar-refractivity contribution is -0.0845. The smallest absolute Gasteiger partial charge is 0.325 e. The van der Waals surface area contributed by atoms with Crippen LogP contribution in [0.4, 0.5) is 20.4 Å². The maximum absolute atomic E-state index is 16.1. The van der Waals surface area contributed by atoms with E-state index in [1.807, 2.05) is 0 Å². The molecule has 0 aromatic carbocycles. The van der Waals surface area contributed by atoms with E-state index in [4.69, 9.17) is 64.3 Å². The van der Waals surface area contributed by atoms with Crippen LogP contribution in [0.1, 0.15) is 18.0 Å². The minimum atomic E-state index is -4.34. The van der Waals surface area contributed by atoms with Crippen molar-refractivity contribution < 1.29 is 41.4 Å². The molecular weight excluding hydrogens is 724 g/mol. The van der Waals surface area contributed by atoms with Crippen molar-refractivity contribution in [1.29, 1.82) is 0 Å². The van der Waals surface area contributed by atoms with Gasteiger partial charge in [0.1, 0.15) is 35.6 Å². The lowest BCUT2D eigenvalue weighted by atomic mass is 9.99. The number of rotatable bonds is 2. The quantitative estimate of drug-likeness (QED) is 0.146. The fourth-order valence-electron chi connectivity index (χ4n) is 5.72. The summed E-state index contributed by atoms with van der Waals surface area (Å²) in [7, 11) is 0. The number of ether oxygens (including phenoxy) is 1. The van der Waals surface area contributed by atoms with Crippen molar-refractivity contribution in [1.82, 2.24) is 29.1 Å². The summed E-state index contributed by atoms with van der Waals surface area (Å²) in [5.74, 6) is 1.55. The summed E-state index contributed by atoms with van der Waals surface area (Å²) >= 11 is 11.5. The van der Waals surface area contributed by atoms with Crippen molar-refractivity contribution in [2.45, 2.75) is 47.3 Å². The zero-order chi connectivity index (χ0) is 33.5. The number of nitrogens with zero attached hydrogens (tertiary/aromatic N) is 5. The monoisotopic (exact) mass is 748 g/mol. The molecule has 3 aliphatic heterocycles. The molecule has 2 bridgehead atoms. The van der Waals surface area contributed by atoms with Crippen molar-refractivity contribution in [3.8, 4) is 12.3 Å². The van der Waals surface area contributed by atoms with Gasteiger partial charge in [-0.05, 0) is 29.7 Å². The van der Waals surface area contributed by atoms with Crippen LogP contribution in [-0.4, -0.2) is 81.3 Å². The number of imidazole rings is 1. The summed E-state index contributed by atoms with van der Waals surface area (Å²) < 4.78 is 62.8. The number of nitrogens with two attached hydrogens (primary N) is 2. The number of thioether (sulfide) groups is 1. The SMILES string of the molecule is C#C[C@@]12COP(O)(=S)O[C@@H]3[C@H](F)[C@@H](COP(O)(=S)O[C@H]1C[C@H](n1cc(F)c4c(N)ccnc41)O2)S[C@H]3n1cnc2c(=O)[nH]c(N)nc21. The number of aromatic amines is 1. The number of anilines is 2. The molecule has 7 heterocycles. The zero-order valence-corrected chi connectivity index (χ0v) is 27.8. The van der Waals surface area contributed by atoms with Crippen molar-refractivity contribution in [3.05, 3.63) is 41.0 Å². The van der Waals surface area contributed by atoms with Gasteiger partial charge in [-0.15, -0.1) is 18.2 Å². The van der Waals surface area contributed by atoms with Gasteiger partial charge in [0.25, 0.3) is 5.56 Å². The van der Waals surface area contributed by atoms with E-state index in [0.717, 1.165) is 18.0 Å². The Bertz CT molecular complexity index is 2110. The second-order valence-corrected chi connectivity index (χ2v) is 17.7. The lowest BCUT2D eigenvalue weighted by Crippen LogP contribution is -2.43. The molecule has 0 radical (unpaired) electrons. The van der Waals surface area contributed by atoms with Gasteiger partial charge in [0.05, 0.1) is 30.2 Å². The number of hydrogen-bond acceptors (Lipinski definition) is 14. The molecule has 3 aliphatic rings. The molecule has 23 heteroatoms. The van der Waals surface area contributed by atoms with Crippen LogP contribution in [0, 0.1) is 18.2 Å². The molecule has 7 N–H and O–H groups in total. The normalized spacial score (nSPS) is 36.4. The summed E-state index contributed by atoms with van der Waals surface area (Å²) in [5, 5.41) is -2.04. The summed E-state index contributed by atoms with van der Waals surface area (Å²) in [6, 6.07) is 1.44. The molecule has 2 unspecified atom stereocenters. The lowest BCUT2D eigenvalue weighted by Gasteiger charge is -2.32. The third kappa shape index (κ3) is 5.79. The van der Waals surface area contributed by atoms with Crippen molar-refractivity contribution >= 4 is 82.6 Å². The van der Waals surface area contributed by atoms with E-state index in [1.165, 1.54) is 27.7 Å². The molecule has 250 valence electrons. The van der Waals surface area contributed by atoms with Gasteiger partial charge in [0.2, 0.25) is 5.95 Å². The second kappa shape index (κ2) is 11.8. The predicted molar refractivity (Wildman–Crippen MR) is 173 cm³/mol. The molecule has 16 nitrogen and oxygen atoms in total. The topological polar surface area (TPSA) is 220 Å². The van der Waals surface area contributed by atoms with Crippen LogP contribution in [0.5, 0.6) is 0 Å². The summed E-state index contributed by atoms with van der Waals surface area (Å²) in [6.45, 7) is -9.68. The van der Waals surface area contributed by atoms with E-state index >= 15 is 4.39 Å². The molecule has 0 amide bonds. The van der Waals surface area contributed by atoms with E-state index in [0.29, 0.717) is 0 Å². The van der Waals surface area contributed by atoms with Gasteiger partial charge in [-0.2, -0.15) is 4.98 Å². The van der Waals surface area contributed by atoms with Gasteiger partial charge in [-0.1, -0.05) is 5.92 Å². The van der Waals surface area contributed by atoms with Crippen LogP contribution < -0.4 is 17.0 Å². The van der Waals surface area contributed by atoms with E-state index in [1.54, 1.807) is 0 Å². The average molecular weight is 749 g/mol. The van der Waals surface area contributed by atoms with E-state index in [9.17, 15) is 19.0 Å². The molecule has 9 atom stereocenters. The molecule has 4 aromatic heterocycles. The number of H-pyrrole nitrogens is 1. The number of pyridine rings is 1. The maximum Gasteiger partial charge on any atom is 0.325 e. The number of aromatic nitrogens is 6. The number of fused-ring (bicyclic) bond motifs is 5. The molecule has 0 saturated carbocycles. The Morgan fingerprint density at radius 3 is 2.72 bits per heavy atom. The van der Waals surface area contributed by atoms with Gasteiger partial charge in [0, 0.05) is 24.5 Å². The summed E-state index contributed by atoms with van der Waals surface area (Å²) in [6.07, 6.45) is 3.87. The second-order valence-electron chi connectivity index (χ2n) is 10.8. The maximum atomic E-state index is 16.1. The number of halogens is 2. The van der Waals surface area contributed by atoms with Gasteiger partial charge < -0.3 is 44.1 Å². The molecule has 7 rings (SSSR count). The molecule has 0 aliphatic carbocycles. The van der Waals surface area contributed by atoms with Gasteiger partial charge in [-0.25, -0.2) is 18.7 Å². The molecule has 3 fully saturated rings. The number of alkyl halides is 1. The summed E-state index contributed by atoms with van der Waals surface area (Å²) in [5.41, 5.74) is 9.39. The summed E-state index contributed by atoms with van der Waals surface area (Å²) in [4.78, 5) is 49.5. The fraction of sp³-hybridized carbons (Fsp3) is 0.417. The van der Waals surface area contributed by atoms with Crippen LogP contribution in [-0.2, 0) is 46.4 Å². The highest BCUT2D eigenvalue weighted by Gasteiger charge is 2.55. The highest BCUT2D eigenvalue weighted by Crippen LogP contribution is 2.58. The molecular formula is C24H24F2N8O8P2S3. The Morgan fingerprint density at radius 2 is 1.96 bits per heavy atom. The van der Waals surface area contributed by atoms with Gasteiger partial charge >= 0.3 is 13.4 Å². The Morgan fingerprint density at radius 1 is 1.19 bits per heavy atom. The first-order valence-electron chi connectivity index (χ1n) is 13.6. The first kappa shape index (κ1) is 33.0. The predicted octanol–water partition coefficient (Wildman–Crippen LogP) is 1.97. The Kier molecular flexibility index (Phi) is 8.27. The molecule has 4 aromatic rings. The van der Waals surface area contributed by atoms with E-state index in [2.05, 4.69) is 25.9 Å². The zero-order valence-electron chi connectivity index (χ0n) is 23.6. The van der Waals surface area contributed by atoms with Crippen LogP contribution in [0.25, 0.3) is 22.2 Å². The highest BCUT2D eigenvalue weighted by molar-refractivity contribution is 8.07. The van der Waals surface area contributed by atoms with Gasteiger partial charge in [-0.3, -0.25) is 18.9 Å². The minimum absolute atomic E-state index is 0.0137. The third-order valence-corrected chi connectivity index (χ3v) is 12.5. The third-order valence-electron chi connectivity index (χ3n) is 7.88. The number of hydrogen-bond donors (Lipinski definition) is 5. The Labute approximate surface area is 277 Å². The number of nitrogen functional groups attached to an aromatic ring is 2. The Balaban J connectivity index is 1.24. The average Bonchev–Trinajstić information content (AvgIpc) is 3.74. The van der Waals surface area contributed by atoms with Crippen molar-refractivity contribution in [2.75, 3.05) is 24.7 Å². The number of nitrogens with one attached hydrogen (secondary N) is 1. The first-order valence-corrected chi connectivity index (χ1v) is 19.7. The highest BCUT2D eigenvalue weighted by atomic mass is 32.5. The standard InChI is InChI=1S/C24H24F2N8O8P2S3/c1-2-24-8-39-44(37,46)42-18-16(26)12(47-22(18)34-9-30-17-20(34)31-23(28)32-21(17)35)7-38-43(36,45)41-13(24)5-14(40-24)33-6-10(25)15-11(27)3-4-29-19(15)33/h1,3-4,6,9,12-14,16,18,22H,5,7-8H2,(H2,27,29)(H,36,45)(H,37,46)(H3,28,31,32,35)/t12-,13+,14-,16-,18-,22-,24-,43?,44?/m1/s1. The fourth-order valence-corrected chi connectivity index (χ4v) is 10.3.